The number of ether oxygens (including phenoxy) is 1. The molecule has 0 aromatic carbocycles. The van der Waals surface area contributed by atoms with Crippen molar-refractivity contribution < 1.29 is 9.53 Å². The summed E-state index contributed by atoms with van der Waals surface area (Å²) >= 11 is 1.71. The van der Waals surface area contributed by atoms with Gasteiger partial charge in [0, 0.05) is 36.3 Å². The normalized spacial score (nSPS) is 25.6. The Hall–Kier alpha value is -1.72. The Kier molecular flexibility index (Phi) is 4.63. The monoisotopic (exact) mass is 342 g/mol. The molecule has 0 radical (unpaired) electrons. The number of carbonyl (C=O) groups excluding carboxylic acids is 1. The van der Waals surface area contributed by atoms with Crippen LogP contribution in [0.4, 0.5) is 0 Å². The van der Waals surface area contributed by atoms with Crippen molar-refractivity contribution in [2.24, 2.45) is 5.92 Å². The number of aromatic nitrogens is 1. The molecule has 2 aliphatic rings. The molecule has 1 aliphatic heterocycles. The van der Waals surface area contributed by atoms with Crippen molar-refractivity contribution in [3.63, 3.8) is 0 Å². The van der Waals surface area contributed by atoms with E-state index in [9.17, 15) is 4.79 Å². The van der Waals surface area contributed by atoms with Gasteiger partial charge in [-0.05, 0) is 48.3 Å². The molecule has 24 heavy (non-hydrogen) atoms. The highest BCUT2D eigenvalue weighted by Crippen LogP contribution is 2.48. The van der Waals surface area contributed by atoms with E-state index in [1.54, 1.807) is 17.5 Å². The largest absolute Gasteiger partial charge is 0.376 e. The second-order valence-corrected chi connectivity index (χ2v) is 7.70. The van der Waals surface area contributed by atoms with Crippen molar-refractivity contribution in [3.05, 3.63) is 52.5 Å². The van der Waals surface area contributed by atoms with Gasteiger partial charge in [0.05, 0.1) is 12.6 Å². The smallest absolute Gasteiger partial charge is 0.226 e. The molecular weight excluding hydrogens is 320 g/mol. The van der Waals surface area contributed by atoms with E-state index in [-0.39, 0.29) is 17.9 Å². The molecule has 0 spiro atoms. The molecule has 2 aromatic rings. The van der Waals surface area contributed by atoms with Crippen LogP contribution in [0.3, 0.4) is 0 Å². The van der Waals surface area contributed by atoms with Crippen LogP contribution in [-0.4, -0.2) is 35.0 Å². The second-order valence-electron chi connectivity index (χ2n) is 6.67. The summed E-state index contributed by atoms with van der Waals surface area (Å²) < 4.78 is 5.76. The molecule has 1 saturated heterocycles. The zero-order valence-corrected chi connectivity index (χ0v) is 14.5. The molecule has 0 N–H and O–H groups in total. The number of carbonyl (C=O) groups is 1. The van der Waals surface area contributed by atoms with Crippen LogP contribution in [0, 0.1) is 5.92 Å². The first-order chi connectivity index (χ1) is 11.8. The van der Waals surface area contributed by atoms with E-state index >= 15 is 0 Å². The summed E-state index contributed by atoms with van der Waals surface area (Å²) in [7, 11) is 0. The van der Waals surface area contributed by atoms with Crippen LogP contribution in [0.5, 0.6) is 0 Å². The predicted octanol–water partition coefficient (Wildman–Crippen LogP) is 3.45. The van der Waals surface area contributed by atoms with E-state index in [1.165, 1.54) is 10.4 Å². The van der Waals surface area contributed by atoms with Crippen molar-refractivity contribution in [3.8, 4) is 0 Å². The topological polar surface area (TPSA) is 42.4 Å². The fraction of sp³-hybridized carbons (Fsp3) is 0.474. The summed E-state index contributed by atoms with van der Waals surface area (Å²) in [5.41, 5.74) is 1.18. The van der Waals surface area contributed by atoms with Crippen LogP contribution in [0.15, 0.2) is 42.0 Å². The SMILES string of the molecule is O=C([C@@H]1C[C@@H]1c1cccnc1)N(Cc1cccs1)C[C@H]1CCCO1. The molecular formula is C19H22N2O2S. The number of rotatable bonds is 6. The maximum absolute atomic E-state index is 13.1. The molecule has 0 unspecified atom stereocenters. The summed E-state index contributed by atoms with van der Waals surface area (Å²) in [5, 5.41) is 2.07. The Balaban J connectivity index is 1.44. The highest BCUT2D eigenvalue weighted by molar-refractivity contribution is 7.09. The van der Waals surface area contributed by atoms with Gasteiger partial charge in [0.15, 0.2) is 0 Å². The number of nitrogens with zero attached hydrogens (tertiary/aromatic N) is 2. The van der Waals surface area contributed by atoms with Gasteiger partial charge in [-0.15, -0.1) is 11.3 Å². The Morgan fingerprint density at radius 3 is 3.04 bits per heavy atom. The minimum absolute atomic E-state index is 0.107. The quantitative estimate of drug-likeness (QED) is 0.807. The predicted molar refractivity (Wildman–Crippen MR) is 93.8 cm³/mol. The van der Waals surface area contributed by atoms with Crippen LogP contribution >= 0.6 is 11.3 Å². The van der Waals surface area contributed by atoms with Gasteiger partial charge >= 0.3 is 0 Å². The van der Waals surface area contributed by atoms with Crippen molar-refractivity contribution in [2.45, 2.75) is 37.8 Å². The average molecular weight is 342 g/mol. The summed E-state index contributed by atoms with van der Waals surface area (Å²) in [6, 6.07) is 8.18. The number of hydrogen-bond donors (Lipinski definition) is 0. The molecule has 1 saturated carbocycles. The third-order valence-corrected chi connectivity index (χ3v) is 5.77. The lowest BCUT2D eigenvalue weighted by atomic mass is 10.1. The molecule has 4 rings (SSSR count). The third kappa shape index (κ3) is 3.52. The highest BCUT2D eigenvalue weighted by Gasteiger charge is 2.46. The fourth-order valence-corrected chi connectivity index (χ4v) is 4.24. The Labute approximate surface area is 146 Å². The minimum atomic E-state index is 0.107. The van der Waals surface area contributed by atoms with E-state index in [4.69, 9.17) is 4.74 Å². The van der Waals surface area contributed by atoms with Crippen molar-refractivity contribution in [1.82, 2.24) is 9.88 Å². The van der Waals surface area contributed by atoms with Gasteiger partial charge in [-0.3, -0.25) is 9.78 Å². The zero-order valence-electron chi connectivity index (χ0n) is 13.6. The molecule has 126 valence electrons. The van der Waals surface area contributed by atoms with Crippen LogP contribution in [0.2, 0.25) is 0 Å². The van der Waals surface area contributed by atoms with Gasteiger partial charge in [0.1, 0.15) is 0 Å². The number of pyridine rings is 1. The van der Waals surface area contributed by atoms with E-state index in [0.717, 1.165) is 25.9 Å². The van der Waals surface area contributed by atoms with Gasteiger partial charge in [-0.1, -0.05) is 12.1 Å². The molecule has 5 heteroatoms. The Morgan fingerprint density at radius 2 is 2.33 bits per heavy atom. The van der Waals surface area contributed by atoms with E-state index in [0.29, 0.717) is 19.0 Å². The summed E-state index contributed by atoms with van der Waals surface area (Å²) in [6.45, 7) is 2.24. The maximum atomic E-state index is 13.1. The molecule has 2 aromatic heterocycles. The number of thiophene rings is 1. The first-order valence-corrected chi connectivity index (χ1v) is 9.52. The van der Waals surface area contributed by atoms with Gasteiger partial charge in [-0.25, -0.2) is 0 Å². The lowest BCUT2D eigenvalue weighted by molar-refractivity contribution is -0.134. The van der Waals surface area contributed by atoms with Crippen molar-refractivity contribution in [1.29, 1.82) is 0 Å². The molecule has 1 amide bonds. The van der Waals surface area contributed by atoms with Crippen LogP contribution in [0.1, 0.15) is 35.6 Å². The molecule has 1 aliphatic carbocycles. The van der Waals surface area contributed by atoms with Crippen molar-refractivity contribution >= 4 is 17.2 Å². The maximum Gasteiger partial charge on any atom is 0.226 e. The molecule has 2 fully saturated rings. The van der Waals surface area contributed by atoms with Gasteiger partial charge in [-0.2, -0.15) is 0 Å². The van der Waals surface area contributed by atoms with Gasteiger partial charge in [0.2, 0.25) is 5.91 Å². The van der Waals surface area contributed by atoms with Crippen molar-refractivity contribution in [2.75, 3.05) is 13.2 Å². The van der Waals surface area contributed by atoms with E-state index in [1.807, 2.05) is 23.2 Å². The molecule has 0 bridgehead atoms. The fourth-order valence-electron chi connectivity index (χ4n) is 3.52. The Bertz CT molecular complexity index is 668. The first kappa shape index (κ1) is 15.8. The number of hydrogen-bond acceptors (Lipinski definition) is 4. The summed E-state index contributed by atoms with van der Waals surface area (Å²) in [4.78, 5) is 20.5. The molecule has 4 nitrogen and oxygen atoms in total. The average Bonchev–Trinajstić information content (AvgIpc) is 2.98. The molecule has 3 atom stereocenters. The van der Waals surface area contributed by atoms with Crippen LogP contribution in [0.25, 0.3) is 0 Å². The summed E-state index contributed by atoms with van der Waals surface area (Å²) in [6.07, 6.45) is 6.98. The lowest BCUT2D eigenvalue weighted by Crippen LogP contribution is -2.37. The summed E-state index contributed by atoms with van der Waals surface area (Å²) in [5.74, 6) is 0.713. The lowest BCUT2D eigenvalue weighted by Gasteiger charge is -2.25. The van der Waals surface area contributed by atoms with E-state index in [2.05, 4.69) is 22.5 Å². The minimum Gasteiger partial charge on any atom is -0.376 e. The van der Waals surface area contributed by atoms with E-state index < -0.39 is 0 Å². The van der Waals surface area contributed by atoms with Crippen LogP contribution in [-0.2, 0) is 16.1 Å². The van der Waals surface area contributed by atoms with Gasteiger partial charge < -0.3 is 9.64 Å². The molecule has 3 heterocycles. The zero-order chi connectivity index (χ0) is 16.4. The Morgan fingerprint density at radius 1 is 1.38 bits per heavy atom. The van der Waals surface area contributed by atoms with Gasteiger partial charge in [0.25, 0.3) is 0 Å². The highest BCUT2D eigenvalue weighted by atomic mass is 32.1. The number of amides is 1. The first-order valence-electron chi connectivity index (χ1n) is 8.64. The standard InChI is InChI=1S/C19H22N2O2S/c22-19(18-10-17(18)14-4-1-7-20-11-14)21(12-15-5-2-8-23-15)13-16-6-3-9-24-16/h1,3-4,6-7,9,11,15,17-18H,2,5,8,10,12-13H2/t15-,17-,18-/m1/s1. The second kappa shape index (κ2) is 7.03. The third-order valence-electron chi connectivity index (χ3n) is 4.91. The van der Waals surface area contributed by atoms with Crippen LogP contribution < -0.4 is 0 Å².